The van der Waals surface area contributed by atoms with Crippen LogP contribution in [-0.4, -0.2) is 11.1 Å². The van der Waals surface area contributed by atoms with Gasteiger partial charge in [0.25, 0.3) is 0 Å². The molecule has 0 radical (unpaired) electrons. The molecule has 2 nitrogen and oxygen atoms in total. The Balaban J connectivity index is 3.34. The molecule has 0 spiro atoms. The van der Waals surface area contributed by atoms with Crippen LogP contribution >= 0.6 is 0 Å². The van der Waals surface area contributed by atoms with E-state index in [1.54, 1.807) is 0 Å². The summed E-state index contributed by atoms with van der Waals surface area (Å²) in [7, 11) is 0. The van der Waals surface area contributed by atoms with Crippen molar-refractivity contribution in [2.45, 2.75) is 25.7 Å². The number of aliphatic carboxylic acids is 1. The van der Waals surface area contributed by atoms with Gasteiger partial charge in [0.15, 0.2) is 0 Å². The van der Waals surface area contributed by atoms with Crippen LogP contribution in [0.4, 0.5) is 0 Å². The first kappa shape index (κ1) is 9.77. The minimum atomic E-state index is -0.911. The molecule has 11 heavy (non-hydrogen) atoms. The average Bonchev–Trinajstić information content (AvgIpc) is 1.97. The second kappa shape index (κ2) is 5.55. The highest BCUT2D eigenvalue weighted by Gasteiger charge is 2.01. The summed E-state index contributed by atoms with van der Waals surface area (Å²) < 4.78 is 0. The van der Waals surface area contributed by atoms with Crippen molar-refractivity contribution in [2.75, 3.05) is 0 Å². The van der Waals surface area contributed by atoms with E-state index in [2.05, 4.69) is 12.5 Å². The Bertz CT molecular complexity index is 186. The van der Waals surface area contributed by atoms with E-state index < -0.39 is 5.97 Å². The predicted octanol–water partition coefficient (Wildman–Crippen LogP) is 1.82. The standard InChI is InChI=1S/C9H12O2/c1-3-4-5-6-7-8(2)9(10)11/h1H,2,4-7H2,(H,10,11). The summed E-state index contributed by atoms with van der Waals surface area (Å²) in [5, 5.41) is 8.40. The first-order valence-electron chi connectivity index (χ1n) is 3.53. The molecule has 0 heterocycles. The van der Waals surface area contributed by atoms with Gasteiger partial charge in [-0.2, -0.15) is 0 Å². The maximum atomic E-state index is 10.2. The Kier molecular flexibility index (Phi) is 4.93. The Morgan fingerprint density at radius 2 is 2.18 bits per heavy atom. The quantitative estimate of drug-likeness (QED) is 0.370. The predicted molar refractivity (Wildman–Crippen MR) is 44.1 cm³/mol. The van der Waals surface area contributed by atoms with Crippen LogP contribution in [0.2, 0.25) is 0 Å². The van der Waals surface area contributed by atoms with Crippen LogP contribution in [-0.2, 0) is 4.79 Å². The molecule has 0 amide bonds. The van der Waals surface area contributed by atoms with Gasteiger partial charge in [-0.05, 0) is 19.3 Å². The Morgan fingerprint density at radius 1 is 1.55 bits per heavy atom. The number of hydrogen-bond acceptors (Lipinski definition) is 1. The summed E-state index contributed by atoms with van der Waals surface area (Å²) in [6.45, 7) is 3.40. The highest BCUT2D eigenvalue weighted by atomic mass is 16.4. The van der Waals surface area contributed by atoms with Gasteiger partial charge in [-0.25, -0.2) is 4.79 Å². The van der Waals surface area contributed by atoms with Crippen molar-refractivity contribution in [1.29, 1.82) is 0 Å². The second-order valence-electron chi connectivity index (χ2n) is 2.32. The van der Waals surface area contributed by atoms with Crippen molar-refractivity contribution in [2.24, 2.45) is 0 Å². The first-order chi connectivity index (χ1) is 5.18. The molecule has 0 saturated heterocycles. The van der Waals surface area contributed by atoms with E-state index in [9.17, 15) is 4.79 Å². The Hall–Kier alpha value is -1.23. The van der Waals surface area contributed by atoms with Crippen molar-refractivity contribution in [1.82, 2.24) is 0 Å². The van der Waals surface area contributed by atoms with Gasteiger partial charge in [0.2, 0.25) is 0 Å². The molecule has 0 aromatic carbocycles. The highest BCUT2D eigenvalue weighted by Crippen LogP contribution is 2.06. The fraction of sp³-hybridized carbons (Fsp3) is 0.444. The summed E-state index contributed by atoms with van der Waals surface area (Å²) in [6.07, 6.45) is 7.96. The minimum absolute atomic E-state index is 0.266. The topological polar surface area (TPSA) is 37.3 Å². The molecular weight excluding hydrogens is 140 g/mol. The van der Waals surface area contributed by atoms with Gasteiger partial charge in [0.1, 0.15) is 0 Å². The second-order valence-corrected chi connectivity index (χ2v) is 2.32. The van der Waals surface area contributed by atoms with Crippen molar-refractivity contribution < 1.29 is 9.90 Å². The number of terminal acetylenes is 1. The molecule has 2 heteroatoms. The fourth-order valence-corrected chi connectivity index (χ4v) is 0.672. The largest absolute Gasteiger partial charge is 0.478 e. The molecule has 0 aromatic rings. The molecule has 0 aliphatic rings. The lowest BCUT2D eigenvalue weighted by Gasteiger charge is -1.96. The van der Waals surface area contributed by atoms with Crippen LogP contribution in [0.25, 0.3) is 0 Å². The van der Waals surface area contributed by atoms with Gasteiger partial charge in [0, 0.05) is 12.0 Å². The van der Waals surface area contributed by atoms with Crippen LogP contribution in [0, 0.1) is 12.3 Å². The SMILES string of the molecule is C#CCCCCC(=C)C(=O)O. The van der Waals surface area contributed by atoms with E-state index >= 15 is 0 Å². The van der Waals surface area contributed by atoms with Gasteiger partial charge in [-0.15, -0.1) is 12.3 Å². The minimum Gasteiger partial charge on any atom is -0.478 e. The third-order valence-corrected chi connectivity index (χ3v) is 1.35. The molecule has 0 aromatic heterocycles. The molecule has 0 bridgehead atoms. The van der Waals surface area contributed by atoms with E-state index in [-0.39, 0.29) is 5.57 Å². The van der Waals surface area contributed by atoms with Crippen LogP contribution in [0.1, 0.15) is 25.7 Å². The number of rotatable bonds is 5. The van der Waals surface area contributed by atoms with Crippen LogP contribution < -0.4 is 0 Å². The summed E-state index contributed by atoms with van der Waals surface area (Å²) in [6, 6.07) is 0. The van der Waals surface area contributed by atoms with Gasteiger partial charge in [-0.3, -0.25) is 0 Å². The lowest BCUT2D eigenvalue weighted by Crippen LogP contribution is -1.98. The van der Waals surface area contributed by atoms with Crippen LogP contribution in [0.5, 0.6) is 0 Å². The number of carbonyl (C=O) groups is 1. The number of hydrogen-bond donors (Lipinski definition) is 1. The third kappa shape index (κ3) is 5.23. The lowest BCUT2D eigenvalue weighted by atomic mass is 10.1. The van der Waals surface area contributed by atoms with Crippen LogP contribution in [0.3, 0.4) is 0 Å². The summed E-state index contributed by atoms with van der Waals surface area (Å²) >= 11 is 0. The average molecular weight is 152 g/mol. The normalized spacial score (nSPS) is 8.64. The molecular formula is C9H12O2. The molecule has 0 atom stereocenters. The van der Waals surface area contributed by atoms with Crippen molar-refractivity contribution >= 4 is 5.97 Å². The van der Waals surface area contributed by atoms with E-state index in [1.165, 1.54) is 0 Å². The Labute approximate surface area is 66.9 Å². The Morgan fingerprint density at radius 3 is 2.64 bits per heavy atom. The molecule has 0 fully saturated rings. The monoisotopic (exact) mass is 152 g/mol. The van der Waals surface area contributed by atoms with E-state index in [0.717, 1.165) is 12.8 Å². The molecule has 1 N–H and O–H groups in total. The van der Waals surface area contributed by atoms with Gasteiger partial charge in [-0.1, -0.05) is 6.58 Å². The zero-order chi connectivity index (χ0) is 8.69. The maximum Gasteiger partial charge on any atom is 0.330 e. The number of carboxylic acid groups (broad SMARTS) is 1. The van der Waals surface area contributed by atoms with Crippen molar-refractivity contribution in [3.63, 3.8) is 0 Å². The van der Waals surface area contributed by atoms with E-state index in [0.29, 0.717) is 12.8 Å². The maximum absolute atomic E-state index is 10.2. The molecule has 0 unspecified atom stereocenters. The van der Waals surface area contributed by atoms with E-state index in [1.807, 2.05) is 0 Å². The molecule has 0 rings (SSSR count). The fourth-order valence-electron chi connectivity index (χ4n) is 0.672. The number of carboxylic acids is 1. The van der Waals surface area contributed by atoms with Gasteiger partial charge >= 0.3 is 5.97 Å². The third-order valence-electron chi connectivity index (χ3n) is 1.35. The molecule has 0 aliphatic heterocycles. The van der Waals surface area contributed by atoms with Crippen molar-refractivity contribution in [3.05, 3.63) is 12.2 Å². The highest BCUT2D eigenvalue weighted by molar-refractivity contribution is 5.85. The molecule has 60 valence electrons. The summed E-state index contributed by atoms with van der Waals surface area (Å²) in [4.78, 5) is 10.2. The zero-order valence-electron chi connectivity index (χ0n) is 6.47. The molecule has 0 saturated carbocycles. The number of unbranched alkanes of at least 4 members (excludes halogenated alkanes) is 2. The molecule has 0 aliphatic carbocycles. The van der Waals surface area contributed by atoms with Gasteiger partial charge < -0.3 is 5.11 Å². The summed E-state index contributed by atoms with van der Waals surface area (Å²) in [5.74, 6) is 1.58. The lowest BCUT2D eigenvalue weighted by molar-refractivity contribution is -0.132. The van der Waals surface area contributed by atoms with Gasteiger partial charge in [0.05, 0.1) is 0 Å². The zero-order valence-corrected chi connectivity index (χ0v) is 6.47. The smallest absolute Gasteiger partial charge is 0.330 e. The van der Waals surface area contributed by atoms with Crippen LogP contribution in [0.15, 0.2) is 12.2 Å². The first-order valence-corrected chi connectivity index (χ1v) is 3.53. The van der Waals surface area contributed by atoms with E-state index in [4.69, 9.17) is 11.5 Å². The van der Waals surface area contributed by atoms with Crippen molar-refractivity contribution in [3.8, 4) is 12.3 Å². The summed E-state index contributed by atoms with van der Waals surface area (Å²) in [5.41, 5.74) is 0.266.